The van der Waals surface area contributed by atoms with Crippen molar-refractivity contribution in [2.75, 3.05) is 18.0 Å². The molecule has 1 aromatic carbocycles. The van der Waals surface area contributed by atoms with Crippen LogP contribution in [0.15, 0.2) is 24.3 Å². The minimum absolute atomic E-state index is 0.389. The normalized spacial score (nSPS) is 19.4. The van der Waals surface area contributed by atoms with Crippen molar-refractivity contribution < 1.29 is 18.3 Å². The van der Waals surface area contributed by atoms with Crippen LogP contribution < -0.4 is 4.90 Å². The van der Waals surface area contributed by atoms with Crippen LogP contribution in [0, 0.1) is 6.92 Å². The molecule has 1 heterocycles. The Kier molecular flexibility index (Phi) is 2.38. The molecule has 16 heavy (non-hydrogen) atoms. The zero-order chi connectivity index (χ0) is 12.0. The quantitative estimate of drug-likeness (QED) is 0.800. The molecule has 0 amide bonds. The smallest absolute Gasteiger partial charge is 0.378 e. The van der Waals surface area contributed by atoms with Crippen LogP contribution in [-0.2, 0) is 0 Å². The van der Waals surface area contributed by atoms with Gasteiger partial charge in [-0.15, -0.1) is 0 Å². The van der Waals surface area contributed by atoms with E-state index in [1.54, 1.807) is 12.1 Å². The van der Waals surface area contributed by atoms with Gasteiger partial charge in [0, 0.05) is 5.69 Å². The second-order valence-corrected chi connectivity index (χ2v) is 4.22. The van der Waals surface area contributed by atoms with Crippen LogP contribution in [0.2, 0.25) is 0 Å². The fourth-order valence-corrected chi connectivity index (χ4v) is 1.70. The van der Waals surface area contributed by atoms with Crippen molar-refractivity contribution in [2.45, 2.75) is 18.7 Å². The predicted octanol–water partition coefficient (Wildman–Crippen LogP) is 2.11. The average Bonchev–Trinajstić information content (AvgIpc) is 2.13. The summed E-state index contributed by atoms with van der Waals surface area (Å²) in [5.41, 5.74) is -0.785. The zero-order valence-corrected chi connectivity index (χ0v) is 8.75. The van der Waals surface area contributed by atoms with E-state index in [4.69, 9.17) is 0 Å². The number of hydrogen-bond donors (Lipinski definition) is 1. The summed E-state index contributed by atoms with van der Waals surface area (Å²) >= 11 is 0. The van der Waals surface area contributed by atoms with Crippen LogP contribution in [0.1, 0.15) is 5.56 Å². The lowest BCUT2D eigenvalue weighted by atomic mass is 9.92. The summed E-state index contributed by atoms with van der Waals surface area (Å²) in [6, 6.07) is 7.18. The van der Waals surface area contributed by atoms with Gasteiger partial charge in [-0.2, -0.15) is 13.2 Å². The highest BCUT2D eigenvalue weighted by molar-refractivity contribution is 5.51. The maximum atomic E-state index is 12.4. The van der Waals surface area contributed by atoms with Gasteiger partial charge in [-0.05, 0) is 19.1 Å². The molecule has 0 saturated carbocycles. The predicted molar refractivity (Wildman–Crippen MR) is 54.4 cm³/mol. The topological polar surface area (TPSA) is 23.5 Å². The van der Waals surface area contributed by atoms with Crippen LogP contribution in [-0.4, -0.2) is 30.0 Å². The van der Waals surface area contributed by atoms with E-state index in [9.17, 15) is 18.3 Å². The molecule has 5 heteroatoms. The van der Waals surface area contributed by atoms with Crippen LogP contribution in [0.3, 0.4) is 0 Å². The summed E-state index contributed by atoms with van der Waals surface area (Å²) in [5, 5.41) is 9.27. The van der Waals surface area contributed by atoms with Gasteiger partial charge in [0.1, 0.15) is 0 Å². The third-order valence-corrected chi connectivity index (χ3v) is 2.83. The highest BCUT2D eigenvalue weighted by Crippen LogP contribution is 2.39. The van der Waals surface area contributed by atoms with E-state index in [-0.39, 0.29) is 13.1 Å². The second kappa shape index (κ2) is 3.38. The molecule has 2 nitrogen and oxygen atoms in total. The molecule has 1 aliphatic heterocycles. The molecule has 1 fully saturated rings. The van der Waals surface area contributed by atoms with Crippen molar-refractivity contribution in [1.29, 1.82) is 0 Å². The zero-order valence-electron chi connectivity index (χ0n) is 8.75. The van der Waals surface area contributed by atoms with Gasteiger partial charge in [0.15, 0.2) is 5.60 Å². The van der Waals surface area contributed by atoms with Gasteiger partial charge in [0.25, 0.3) is 0 Å². The van der Waals surface area contributed by atoms with E-state index in [1.165, 1.54) is 4.90 Å². The Bertz CT molecular complexity index is 379. The number of nitrogens with zero attached hydrogens (tertiary/aromatic N) is 1. The summed E-state index contributed by atoms with van der Waals surface area (Å²) in [4.78, 5) is 1.51. The first-order valence-corrected chi connectivity index (χ1v) is 4.93. The average molecular weight is 231 g/mol. The molecule has 1 aliphatic rings. The Labute approximate surface area is 91.3 Å². The Morgan fingerprint density at radius 1 is 1.19 bits per heavy atom. The van der Waals surface area contributed by atoms with E-state index in [1.807, 2.05) is 19.1 Å². The van der Waals surface area contributed by atoms with E-state index >= 15 is 0 Å². The Hall–Kier alpha value is -1.23. The molecular formula is C11H12F3NO. The highest BCUT2D eigenvalue weighted by atomic mass is 19.4. The van der Waals surface area contributed by atoms with Crippen molar-refractivity contribution in [3.05, 3.63) is 29.8 Å². The van der Waals surface area contributed by atoms with Gasteiger partial charge in [-0.3, -0.25) is 0 Å². The van der Waals surface area contributed by atoms with Gasteiger partial charge in [-0.25, -0.2) is 0 Å². The van der Waals surface area contributed by atoms with Crippen LogP contribution >= 0.6 is 0 Å². The Morgan fingerprint density at radius 2 is 1.69 bits per heavy atom. The van der Waals surface area contributed by atoms with Gasteiger partial charge >= 0.3 is 6.18 Å². The number of alkyl halides is 3. The molecule has 88 valence electrons. The van der Waals surface area contributed by atoms with Crippen molar-refractivity contribution in [3.8, 4) is 0 Å². The van der Waals surface area contributed by atoms with Gasteiger partial charge in [0.2, 0.25) is 0 Å². The molecule has 0 atom stereocenters. The molecule has 0 aromatic heterocycles. The lowest BCUT2D eigenvalue weighted by Gasteiger charge is -2.48. The number of aryl methyl sites for hydroxylation is 1. The molecule has 1 saturated heterocycles. The molecular weight excluding hydrogens is 219 g/mol. The van der Waals surface area contributed by atoms with Crippen LogP contribution in [0.5, 0.6) is 0 Å². The summed E-state index contributed by atoms with van der Waals surface area (Å²) in [7, 11) is 0. The molecule has 0 unspecified atom stereocenters. The minimum Gasteiger partial charge on any atom is -0.378 e. The summed E-state index contributed by atoms with van der Waals surface area (Å²) < 4.78 is 37.1. The Morgan fingerprint density at radius 3 is 2.12 bits per heavy atom. The molecule has 0 bridgehead atoms. The summed E-state index contributed by atoms with van der Waals surface area (Å²) in [5.74, 6) is 0. The number of benzene rings is 1. The molecule has 0 aliphatic carbocycles. The number of rotatable bonds is 1. The van der Waals surface area contributed by atoms with E-state index in [0.717, 1.165) is 5.56 Å². The van der Waals surface area contributed by atoms with Crippen molar-refractivity contribution in [3.63, 3.8) is 0 Å². The standard InChI is InChI=1S/C11H12F3NO/c1-8-2-4-9(5-3-8)15-6-10(16,7-15)11(12,13)14/h2-5,16H,6-7H2,1H3. The molecule has 1 aromatic rings. The molecule has 2 rings (SSSR count). The first kappa shape index (κ1) is 11.3. The second-order valence-electron chi connectivity index (χ2n) is 4.22. The van der Waals surface area contributed by atoms with E-state index < -0.39 is 11.8 Å². The number of β-amino-alcohol motifs (C(OH)–C–C–N with tert-alkyl or cyclic N) is 1. The van der Waals surface area contributed by atoms with E-state index in [0.29, 0.717) is 5.69 Å². The van der Waals surface area contributed by atoms with Gasteiger partial charge in [0.05, 0.1) is 13.1 Å². The first-order valence-electron chi connectivity index (χ1n) is 4.93. The summed E-state index contributed by atoms with van der Waals surface area (Å²) in [6.45, 7) is 1.13. The largest absolute Gasteiger partial charge is 0.420 e. The Balaban J connectivity index is 2.06. The third kappa shape index (κ3) is 1.75. The van der Waals surface area contributed by atoms with Crippen LogP contribution in [0.25, 0.3) is 0 Å². The van der Waals surface area contributed by atoms with Crippen molar-refractivity contribution >= 4 is 5.69 Å². The van der Waals surface area contributed by atoms with Gasteiger partial charge < -0.3 is 10.0 Å². The lowest BCUT2D eigenvalue weighted by molar-refractivity contribution is -0.267. The fourth-order valence-electron chi connectivity index (χ4n) is 1.70. The van der Waals surface area contributed by atoms with E-state index in [2.05, 4.69) is 0 Å². The van der Waals surface area contributed by atoms with Gasteiger partial charge in [-0.1, -0.05) is 17.7 Å². The SMILES string of the molecule is Cc1ccc(N2CC(O)(C(F)(F)F)C2)cc1. The highest BCUT2D eigenvalue weighted by Gasteiger charge is 2.61. The number of halogens is 3. The lowest BCUT2D eigenvalue weighted by Crippen LogP contribution is -2.69. The number of anilines is 1. The molecule has 0 radical (unpaired) electrons. The summed E-state index contributed by atoms with van der Waals surface area (Å²) in [6.07, 6.45) is -4.55. The maximum Gasteiger partial charge on any atom is 0.420 e. The number of aliphatic hydroxyl groups is 1. The third-order valence-electron chi connectivity index (χ3n) is 2.83. The van der Waals surface area contributed by atoms with Crippen LogP contribution in [0.4, 0.5) is 18.9 Å². The number of hydrogen-bond acceptors (Lipinski definition) is 2. The first-order chi connectivity index (χ1) is 7.32. The maximum absolute atomic E-state index is 12.4. The molecule has 0 spiro atoms. The minimum atomic E-state index is -4.55. The fraction of sp³-hybridized carbons (Fsp3) is 0.455. The van der Waals surface area contributed by atoms with Crippen molar-refractivity contribution in [1.82, 2.24) is 0 Å². The van der Waals surface area contributed by atoms with Crippen molar-refractivity contribution in [2.24, 2.45) is 0 Å². The molecule has 1 N–H and O–H groups in total. The monoisotopic (exact) mass is 231 g/mol.